The summed E-state index contributed by atoms with van der Waals surface area (Å²) in [6.07, 6.45) is -0.353. The van der Waals surface area contributed by atoms with Crippen LogP contribution in [0.2, 0.25) is 0 Å². The van der Waals surface area contributed by atoms with E-state index in [-0.39, 0.29) is 23.4 Å². The van der Waals surface area contributed by atoms with E-state index < -0.39 is 6.10 Å². The molecule has 3 atom stereocenters. The van der Waals surface area contributed by atoms with Crippen molar-refractivity contribution >= 4 is 5.91 Å². The van der Waals surface area contributed by atoms with Crippen molar-refractivity contribution in [2.24, 2.45) is 5.41 Å². The first-order valence-electron chi connectivity index (χ1n) is 12.5. The topological polar surface area (TPSA) is 43.8 Å². The summed E-state index contributed by atoms with van der Waals surface area (Å²) in [6, 6.07) is 30.1. The van der Waals surface area contributed by atoms with Crippen molar-refractivity contribution in [1.29, 1.82) is 0 Å². The molecule has 4 heteroatoms. The van der Waals surface area contributed by atoms with Gasteiger partial charge in [0.25, 0.3) is 0 Å². The summed E-state index contributed by atoms with van der Waals surface area (Å²) in [5.74, 6) is 0.0403. The van der Waals surface area contributed by atoms with Gasteiger partial charge < -0.3 is 10.0 Å². The minimum absolute atomic E-state index is 0.0129. The molecular weight excluding hydrogens is 432 g/mol. The predicted octanol–water partition coefficient (Wildman–Crippen LogP) is 6.07. The normalized spacial score (nSPS) is 14.4. The Balaban J connectivity index is 1.83. The van der Waals surface area contributed by atoms with Gasteiger partial charge in [-0.25, -0.2) is 0 Å². The molecule has 0 unspecified atom stereocenters. The molecule has 3 rings (SSSR count). The SMILES string of the molecule is C[C@@H]([C@@H](O)c1ccccc1)N(C)C(=O)C[C@H](N(Cc1ccccc1)Cc1ccccc1)C(C)(C)C. The van der Waals surface area contributed by atoms with E-state index >= 15 is 0 Å². The number of aliphatic hydroxyl groups excluding tert-OH is 1. The van der Waals surface area contributed by atoms with Crippen LogP contribution in [0.4, 0.5) is 0 Å². The lowest BCUT2D eigenvalue weighted by Crippen LogP contribution is -2.48. The second-order valence-corrected chi connectivity index (χ2v) is 10.6. The Morgan fingerprint density at radius 3 is 1.66 bits per heavy atom. The summed E-state index contributed by atoms with van der Waals surface area (Å²) in [5, 5.41) is 10.9. The van der Waals surface area contributed by atoms with Crippen molar-refractivity contribution in [3.8, 4) is 0 Å². The molecule has 0 aromatic heterocycles. The van der Waals surface area contributed by atoms with Gasteiger partial charge in [0.05, 0.1) is 12.1 Å². The molecule has 0 radical (unpaired) electrons. The number of rotatable bonds is 10. The van der Waals surface area contributed by atoms with Gasteiger partial charge in [-0.05, 0) is 29.0 Å². The molecule has 0 aliphatic carbocycles. The zero-order chi connectivity index (χ0) is 25.4. The fourth-order valence-corrected chi connectivity index (χ4v) is 4.57. The van der Waals surface area contributed by atoms with Crippen LogP contribution in [-0.2, 0) is 17.9 Å². The number of amides is 1. The lowest BCUT2D eigenvalue weighted by atomic mass is 9.82. The van der Waals surface area contributed by atoms with Crippen LogP contribution in [0.5, 0.6) is 0 Å². The molecule has 0 spiro atoms. The Bertz CT molecular complexity index is 990. The van der Waals surface area contributed by atoms with Crippen LogP contribution in [0.15, 0.2) is 91.0 Å². The summed E-state index contributed by atoms with van der Waals surface area (Å²) in [5.41, 5.74) is 3.15. The van der Waals surface area contributed by atoms with E-state index in [0.717, 1.165) is 18.7 Å². The van der Waals surface area contributed by atoms with Gasteiger partial charge in [0, 0.05) is 32.6 Å². The average Bonchev–Trinajstić information content (AvgIpc) is 2.86. The number of aliphatic hydroxyl groups is 1. The fraction of sp³-hybridized carbons (Fsp3) is 0.387. The van der Waals surface area contributed by atoms with E-state index in [2.05, 4.69) is 74.2 Å². The van der Waals surface area contributed by atoms with Crippen LogP contribution >= 0.6 is 0 Å². The Hall–Kier alpha value is -2.95. The van der Waals surface area contributed by atoms with Crippen molar-refractivity contribution in [3.05, 3.63) is 108 Å². The lowest BCUT2D eigenvalue weighted by molar-refractivity contribution is -0.136. The molecule has 1 amide bonds. The smallest absolute Gasteiger partial charge is 0.224 e. The Morgan fingerprint density at radius 2 is 1.23 bits per heavy atom. The first-order valence-corrected chi connectivity index (χ1v) is 12.5. The summed E-state index contributed by atoms with van der Waals surface area (Å²) in [7, 11) is 1.80. The molecule has 0 aliphatic heterocycles. The zero-order valence-corrected chi connectivity index (χ0v) is 21.8. The van der Waals surface area contributed by atoms with E-state index in [1.165, 1.54) is 11.1 Å². The largest absolute Gasteiger partial charge is 0.386 e. The minimum Gasteiger partial charge on any atom is -0.386 e. The van der Waals surface area contributed by atoms with Crippen LogP contribution in [0.1, 0.15) is 56.9 Å². The Kier molecular flexibility index (Phi) is 9.25. The molecule has 4 nitrogen and oxygen atoms in total. The summed E-state index contributed by atoms with van der Waals surface area (Å²) in [4.78, 5) is 17.7. The van der Waals surface area contributed by atoms with Crippen molar-refractivity contribution in [2.75, 3.05) is 7.05 Å². The molecule has 3 aromatic rings. The summed E-state index contributed by atoms with van der Waals surface area (Å²) in [6.45, 7) is 10.0. The number of hydrogen-bond acceptors (Lipinski definition) is 3. The molecule has 186 valence electrons. The van der Waals surface area contributed by atoms with E-state index in [1.54, 1.807) is 11.9 Å². The second-order valence-electron chi connectivity index (χ2n) is 10.6. The van der Waals surface area contributed by atoms with Crippen LogP contribution in [-0.4, -0.2) is 39.9 Å². The van der Waals surface area contributed by atoms with Gasteiger partial charge in [0.1, 0.15) is 0 Å². The fourth-order valence-electron chi connectivity index (χ4n) is 4.57. The van der Waals surface area contributed by atoms with Gasteiger partial charge in [-0.3, -0.25) is 9.69 Å². The van der Waals surface area contributed by atoms with Crippen molar-refractivity contribution < 1.29 is 9.90 Å². The number of hydrogen-bond donors (Lipinski definition) is 1. The number of benzene rings is 3. The molecule has 0 saturated heterocycles. The van der Waals surface area contributed by atoms with Crippen LogP contribution in [0, 0.1) is 5.41 Å². The maximum atomic E-state index is 13.6. The third-order valence-electron chi connectivity index (χ3n) is 6.87. The number of likely N-dealkylation sites (N-methyl/N-ethyl adjacent to an activating group) is 1. The molecule has 0 saturated carbocycles. The van der Waals surface area contributed by atoms with Gasteiger partial charge in [-0.15, -0.1) is 0 Å². The standard InChI is InChI=1S/C31H40N2O2/c1-24(30(35)27-19-13-8-14-20-27)32(5)29(34)21-28(31(2,3)4)33(22-25-15-9-6-10-16-25)23-26-17-11-7-12-18-26/h6-20,24,28,30,35H,21-23H2,1-5H3/t24-,28-,30+/m0/s1. The molecule has 1 N–H and O–H groups in total. The highest BCUT2D eigenvalue weighted by molar-refractivity contribution is 5.77. The van der Waals surface area contributed by atoms with Crippen molar-refractivity contribution in [3.63, 3.8) is 0 Å². The molecule has 0 aliphatic rings. The van der Waals surface area contributed by atoms with Crippen LogP contribution in [0.25, 0.3) is 0 Å². The first-order chi connectivity index (χ1) is 16.7. The number of carbonyl (C=O) groups excluding carboxylic acids is 1. The number of carbonyl (C=O) groups is 1. The van der Waals surface area contributed by atoms with Gasteiger partial charge in [0.2, 0.25) is 5.91 Å². The maximum absolute atomic E-state index is 13.6. The summed E-state index contributed by atoms with van der Waals surface area (Å²) < 4.78 is 0. The summed E-state index contributed by atoms with van der Waals surface area (Å²) >= 11 is 0. The van der Waals surface area contributed by atoms with E-state index in [4.69, 9.17) is 0 Å². The quantitative estimate of drug-likeness (QED) is 0.389. The highest BCUT2D eigenvalue weighted by Gasteiger charge is 2.35. The minimum atomic E-state index is -0.733. The lowest BCUT2D eigenvalue weighted by Gasteiger charge is -2.41. The van der Waals surface area contributed by atoms with E-state index in [1.807, 2.05) is 49.4 Å². The van der Waals surface area contributed by atoms with Gasteiger partial charge in [-0.1, -0.05) is 112 Å². The van der Waals surface area contributed by atoms with E-state index in [9.17, 15) is 9.90 Å². The average molecular weight is 473 g/mol. The molecule has 0 bridgehead atoms. The molecule has 35 heavy (non-hydrogen) atoms. The Morgan fingerprint density at radius 1 is 0.800 bits per heavy atom. The molecular formula is C31H40N2O2. The monoisotopic (exact) mass is 472 g/mol. The molecule has 0 fully saturated rings. The van der Waals surface area contributed by atoms with E-state index in [0.29, 0.717) is 6.42 Å². The zero-order valence-electron chi connectivity index (χ0n) is 21.8. The predicted molar refractivity (Wildman–Crippen MR) is 144 cm³/mol. The van der Waals surface area contributed by atoms with Crippen LogP contribution < -0.4 is 0 Å². The first kappa shape index (κ1) is 26.7. The third-order valence-corrected chi connectivity index (χ3v) is 6.87. The van der Waals surface area contributed by atoms with Gasteiger partial charge in [0.15, 0.2) is 0 Å². The second kappa shape index (κ2) is 12.1. The highest BCUT2D eigenvalue weighted by atomic mass is 16.3. The molecule has 0 heterocycles. The van der Waals surface area contributed by atoms with Crippen molar-refractivity contribution in [1.82, 2.24) is 9.80 Å². The van der Waals surface area contributed by atoms with Gasteiger partial charge in [-0.2, -0.15) is 0 Å². The maximum Gasteiger partial charge on any atom is 0.224 e. The highest BCUT2D eigenvalue weighted by Crippen LogP contribution is 2.31. The number of nitrogens with zero attached hydrogens (tertiary/aromatic N) is 2. The third kappa shape index (κ3) is 7.51. The van der Waals surface area contributed by atoms with Crippen molar-refractivity contribution in [2.45, 2.75) is 65.4 Å². The van der Waals surface area contributed by atoms with Crippen LogP contribution in [0.3, 0.4) is 0 Å². The molecule has 3 aromatic carbocycles. The Labute approximate surface area is 211 Å². The van der Waals surface area contributed by atoms with Gasteiger partial charge >= 0.3 is 0 Å².